The van der Waals surface area contributed by atoms with Crippen molar-refractivity contribution in [3.63, 3.8) is 0 Å². The first kappa shape index (κ1) is 17.1. The smallest absolute Gasteiger partial charge is 0.351 e. The predicted octanol–water partition coefficient (Wildman–Crippen LogP) is 4.53. The lowest BCUT2D eigenvalue weighted by atomic mass is 10.1. The Kier molecular flexibility index (Phi) is 4.76. The maximum Gasteiger partial charge on any atom is 0.351 e. The molecule has 0 bridgehead atoms. The first-order valence-electron chi connectivity index (χ1n) is 8.28. The fourth-order valence-electron chi connectivity index (χ4n) is 2.56. The van der Waals surface area contributed by atoms with Crippen molar-refractivity contribution in [3.8, 4) is 22.7 Å². The van der Waals surface area contributed by atoms with E-state index >= 15 is 0 Å². The zero-order chi connectivity index (χ0) is 18.6. The van der Waals surface area contributed by atoms with Gasteiger partial charge in [0.25, 0.3) is 5.89 Å². The Balaban J connectivity index is 1.49. The van der Waals surface area contributed by atoms with Crippen molar-refractivity contribution in [1.82, 2.24) is 15.2 Å². The van der Waals surface area contributed by atoms with Gasteiger partial charge in [-0.15, -0.1) is 21.5 Å². The number of hydrogen-bond acceptors (Lipinski definition) is 7. The number of aryl methyl sites for hydroxylation is 1. The van der Waals surface area contributed by atoms with E-state index in [2.05, 4.69) is 15.2 Å². The van der Waals surface area contributed by atoms with Gasteiger partial charge in [0.15, 0.2) is 6.61 Å². The summed E-state index contributed by atoms with van der Waals surface area (Å²) in [7, 11) is 0. The second kappa shape index (κ2) is 7.51. The van der Waals surface area contributed by atoms with E-state index in [0.29, 0.717) is 16.5 Å². The average Bonchev–Trinajstić information content (AvgIpc) is 3.34. The van der Waals surface area contributed by atoms with Gasteiger partial charge >= 0.3 is 5.97 Å². The van der Waals surface area contributed by atoms with E-state index in [1.807, 2.05) is 67.6 Å². The number of rotatable bonds is 5. The maximum atomic E-state index is 12.6. The van der Waals surface area contributed by atoms with Gasteiger partial charge < -0.3 is 9.15 Å². The number of nitrogens with zero attached hydrogens (tertiary/aromatic N) is 3. The summed E-state index contributed by atoms with van der Waals surface area (Å²) >= 11 is 1.30. The molecule has 7 heteroatoms. The van der Waals surface area contributed by atoms with Crippen molar-refractivity contribution >= 4 is 17.3 Å². The molecule has 0 aliphatic carbocycles. The number of ether oxygens (including phenoxy) is 1. The molecule has 2 aromatic carbocycles. The lowest BCUT2D eigenvalue weighted by molar-refractivity contribution is 0.0445. The Morgan fingerprint density at radius 1 is 1.00 bits per heavy atom. The summed E-state index contributed by atoms with van der Waals surface area (Å²) in [5.41, 5.74) is 2.31. The van der Waals surface area contributed by atoms with E-state index in [1.54, 1.807) is 0 Å². The van der Waals surface area contributed by atoms with E-state index in [-0.39, 0.29) is 12.5 Å². The largest absolute Gasteiger partial charge is 0.451 e. The highest BCUT2D eigenvalue weighted by Gasteiger charge is 2.20. The third-order valence-electron chi connectivity index (χ3n) is 3.78. The first-order valence-corrected chi connectivity index (χ1v) is 9.10. The van der Waals surface area contributed by atoms with Crippen LogP contribution in [-0.4, -0.2) is 21.2 Å². The highest BCUT2D eigenvalue weighted by molar-refractivity contribution is 7.14. The van der Waals surface area contributed by atoms with Gasteiger partial charge in [-0.1, -0.05) is 48.5 Å². The van der Waals surface area contributed by atoms with Crippen LogP contribution in [0.4, 0.5) is 0 Å². The number of carbonyl (C=O) groups excluding carboxylic acids is 1. The molecule has 27 heavy (non-hydrogen) atoms. The zero-order valence-corrected chi connectivity index (χ0v) is 15.3. The average molecular weight is 377 g/mol. The summed E-state index contributed by atoms with van der Waals surface area (Å²) in [5, 5.41) is 8.72. The topological polar surface area (TPSA) is 78.1 Å². The number of carbonyl (C=O) groups is 1. The molecule has 0 fully saturated rings. The Hall–Kier alpha value is -3.32. The monoisotopic (exact) mass is 377 g/mol. The van der Waals surface area contributed by atoms with E-state index in [9.17, 15) is 4.79 Å². The number of esters is 1. The van der Waals surface area contributed by atoms with Crippen molar-refractivity contribution in [2.75, 3.05) is 0 Å². The van der Waals surface area contributed by atoms with E-state index < -0.39 is 5.97 Å². The van der Waals surface area contributed by atoms with Gasteiger partial charge in [-0.3, -0.25) is 0 Å². The molecule has 0 unspecified atom stereocenters. The van der Waals surface area contributed by atoms with Gasteiger partial charge in [-0.05, 0) is 19.1 Å². The van der Waals surface area contributed by atoms with Crippen LogP contribution in [0.5, 0.6) is 0 Å². The van der Waals surface area contributed by atoms with Crippen LogP contribution >= 0.6 is 11.3 Å². The van der Waals surface area contributed by atoms with Gasteiger partial charge in [0.05, 0.1) is 10.7 Å². The minimum atomic E-state index is -0.459. The van der Waals surface area contributed by atoms with Gasteiger partial charge in [0.1, 0.15) is 4.88 Å². The molecule has 0 aliphatic heterocycles. The molecular weight excluding hydrogens is 362 g/mol. The highest BCUT2D eigenvalue weighted by Crippen LogP contribution is 2.29. The van der Waals surface area contributed by atoms with E-state index in [0.717, 1.165) is 16.1 Å². The normalized spacial score (nSPS) is 10.7. The minimum absolute atomic E-state index is 0.0934. The standard InChI is InChI=1S/C20H15N3O3S/c1-13-21-17(14-8-4-2-5-9-14)18(27-13)20(24)25-12-16-22-23-19(26-16)15-10-6-3-7-11-15/h2-11H,12H2,1H3. The summed E-state index contributed by atoms with van der Waals surface area (Å²) in [4.78, 5) is 17.5. The van der Waals surface area contributed by atoms with Crippen LogP contribution in [-0.2, 0) is 11.3 Å². The van der Waals surface area contributed by atoms with E-state index in [1.165, 1.54) is 11.3 Å². The van der Waals surface area contributed by atoms with Crippen molar-refractivity contribution in [3.05, 3.63) is 76.4 Å². The molecule has 0 amide bonds. The summed E-state index contributed by atoms with van der Waals surface area (Å²) in [5.74, 6) is 0.170. The predicted molar refractivity (Wildman–Crippen MR) is 101 cm³/mol. The van der Waals surface area contributed by atoms with Crippen LogP contribution in [0.15, 0.2) is 65.1 Å². The van der Waals surface area contributed by atoms with Crippen molar-refractivity contribution in [2.24, 2.45) is 0 Å². The third kappa shape index (κ3) is 3.78. The summed E-state index contributed by atoms with van der Waals surface area (Å²) in [6, 6.07) is 19.0. The molecule has 134 valence electrons. The third-order valence-corrected chi connectivity index (χ3v) is 4.73. The van der Waals surface area contributed by atoms with Crippen LogP contribution in [0.1, 0.15) is 20.6 Å². The quantitative estimate of drug-likeness (QED) is 0.476. The summed E-state index contributed by atoms with van der Waals surface area (Å²) < 4.78 is 10.9. The first-order chi connectivity index (χ1) is 13.2. The number of aromatic nitrogens is 3. The lowest BCUT2D eigenvalue weighted by Crippen LogP contribution is -2.05. The van der Waals surface area contributed by atoms with Crippen molar-refractivity contribution in [2.45, 2.75) is 13.5 Å². The Morgan fingerprint density at radius 3 is 2.37 bits per heavy atom. The molecule has 2 aromatic heterocycles. The second-order valence-electron chi connectivity index (χ2n) is 5.72. The molecular formula is C20H15N3O3S. The Labute approximate surface area is 159 Å². The summed E-state index contributed by atoms with van der Waals surface area (Å²) in [6.45, 7) is 1.77. The molecule has 0 saturated carbocycles. The van der Waals surface area contributed by atoms with Crippen LogP contribution in [0.25, 0.3) is 22.7 Å². The summed E-state index contributed by atoms with van der Waals surface area (Å²) in [6.07, 6.45) is 0. The Bertz CT molecular complexity index is 1060. The number of thiazole rings is 1. The van der Waals surface area contributed by atoms with Crippen molar-refractivity contribution < 1.29 is 13.9 Å². The molecule has 6 nitrogen and oxygen atoms in total. The van der Waals surface area contributed by atoms with Gasteiger partial charge in [0.2, 0.25) is 5.89 Å². The van der Waals surface area contributed by atoms with Crippen molar-refractivity contribution in [1.29, 1.82) is 0 Å². The molecule has 0 atom stereocenters. The van der Waals surface area contributed by atoms with Crippen LogP contribution in [0.2, 0.25) is 0 Å². The molecule has 0 aliphatic rings. The van der Waals surface area contributed by atoms with E-state index in [4.69, 9.17) is 9.15 Å². The second-order valence-corrected chi connectivity index (χ2v) is 6.92. The number of benzene rings is 2. The number of hydrogen-bond donors (Lipinski definition) is 0. The zero-order valence-electron chi connectivity index (χ0n) is 14.5. The highest BCUT2D eigenvalue weighted by atomic mass is 32.1. The molecule has 0 N–H and O–H groups in total. The minimum Gasteiger partial charge on any atom is -0.451 e. The van der Waals surface area contributed by atoms with Crippen LogP contribution in [0.3, 0.4) is 0 Å². The van der Waals surface area contributed by atoms with Crippen LogP contribution < -0.4 is 0 Å². The lowest BCUT2D eigenvalue weighted by Gasteiger charge is -2.02. The SMILES string of the molecule is Cc1nc(-c2ccccc2)c(C(=O)OCc2nnc(-c3ccccc3)o2)s1. The fraction of sp³-hybridized carbons (Fsp3) is 0.100. The molecule has 2 heterocycles. The molecule has 4 aromatic rings. The van der Waals surface area contributed by atoms with Gasteiger partial charge in [-0.2, -0.15) is 0 Å². The molecule has 0 saturated heterocycles. The van der Waals surface area contributed by atoms with Gasteiger partial charge in [0, 0.05) is 11.1 Å². The maximum absolute atomic E-state index is 12.6. The molecule has 0 spiro atoms. The molecule has 4 rings (SSSR count). The van der Waals surface area contributed by atoms with Gasteiger partial charge in [-0.25, -0.2) is 9.78 Å². The molecule has 0 radical (unpaired) electrons. The fourth-order valence-corrected chi connectivity index (χ4v) is 3.39. The Morgan fingerprint density at radius 2 is 1.67 bits per heavy atom. The van der Waals surface area contributed by atoms with Crippen LogP contribution in [0, 0.1) is 6.92 Å².